The zero-order chi connectivity index (χ0) is 13.8. The zero-order valence-corrected chi connectivity index (χ0v) is 13.3. The lowest BCUT2D eigenvalue weighted by Crippen LogP contribution is -2.18. The average molecular weight is 292 g/mol. The molecule has 0 aliphatic heterocycles. The molecule has 0 radical (unpaired) electrons. The molecule has 1 aromatic carbocycles. The predicted molar refractivity (Wildman–Crippen MR) is 85.1 cm³/mol. The molecule has 5 heteroatoms. The lowest BCUT2D eigenvalue weighted by Gasteiger charge is -2.08. The summed E-state index contributed by atoms with van der Waals surface area (Å²) in [6.45, 7) is 7.72. The Balaban J connectivity index is 2.24. The minimum Gasteiger partial charge on any atom is -0.304 e. The monoisotopic (exact) mass is 292 g/mol. The molecule has 3 nitrogen and oxygen atoms in total. The first kappa shape index (κ1) is 14.3. The Morgan fingerprint density at radius 3 is 2.32 bits per heavy atom. The maximum atomic E-state index is 5.66. The standard InChI is InChI=1S/C14H19N3PS/c1-4-16(5-2)18(19)14-8-6-13(7-9-14)17-11-10-15-12(17)3/h6-11H,4-5H2,1-3H3/q+1. The van der Waals surface area contributed by atoms with E-state index in [1.165, 1.54) is 5.30 Å². The van der Waals surface area contributed by atoms with E-state index in [1.807, 2.05) is 19.3 Å². The zero-order valence-electron chi connectivity index (χ0n) is 11.6. The second-order valence-corrected chi connectivity index (χ2v) is 6.94. The molecule has 1 aromatic heterocycles. The van der Waals surface area contributed by atoms with Gasteiger partial charge >= 0.3 is 6.85 Å². The highest BCUT2D eigenvalue weighted by molar-refractivity contribution is 8.07. The Morgan fingerprint density at radius 1 is 1.21 bits per heavy atom. The number of aryl methyl sites for hydroxylation is 1. The van der Waals surface area contributed by atoms with Crippen LogP contribution in [0.2, 0.25) is 0 Å². The molecule has 0 fully saturated rings. The average Bonchev–Trinajstić information content (AvgIpc) is 2.86. The molecule has 2 aromatic rings. The molecule has 0 aliphatic rings. The predicted octanol–water partition coefficient (Wildman–Crippen LogP) is 3.01. The van der Waals surface area contributed by atoms with Gasteiger partial charge in [-0.05, 0) is 45.0 Å². The molecule has 0 saturated carbocycles. The van der Waals surface area contributed by atoms with E-state index in [-0.39, 0.29) is 0 Å². The first-order valence-corrected chi connectivity index (χ1v) is 8.80. The van der Waals surface area contributed by atoms with Gasteiger partial charge in [-0.2, -0.15) is 0 Å². The van der Waals surface area contributed by atoms with Gasteiger partial charge in [0.1, 0.15) is 5.82 Å². The fourth-order valence-corrected chi connectivity index (χ4v) is 4.34. The van der Waals surface area contributed by atoms with Crippen LogP contribution in [0.1, 0.15) is 19.7 Å². The van der Waals surface area contributed by atoms with Crippen molar-refractivity contribution >= 4 is 24.0 Å². The van der Waals surface area contributed by atoms with E-state index < -0.39 is 6.85 Å². The summed E-state index contributed by atoms with van der Waals surface area (Å²) < 4.78 is 4.41. The molecule has 0 aliphatic carbocycles. The van der Waals surface area contributed by atoms with E-state index in [2.05, 4.69) is 52.3 Å². The smallest absolute Gasteiger partial charge is 0.304 e. The van der Waals surface area contributed by atoms with E-state index in [9.17, 15) is 0 Å². The van der Waals surface area contributed by atoms with Gasteiger partial charge in [-0.15, -0.1) is 4.67 Å². The van der Waals surface area contributed by atoms with E-state index in [0.29, 0.717) is 0 Å². The van der Waals surface area contributed by atoms with Gasteiger partial charge in [0.15, 0.2) is 17.1 Å². The number of hydrogen-bond donors (Lipinski definition) is 0. The van der Waals surface area contributed by atoms with Crippen molar-refractivity contribution in [2.45, 2.75) is 20.8 Å². The van der Waals surface area contributed by atoms with Crippen molar-refractivity contribution in [3.8, 4) is 5.69 Å². The van der Waals surface area contributed by atoms with Gasteiger partial charge in [-0.1, -0.05) is 0 Å². The topological polar surface area (TPSA) is 21.1 Å². The van der Waals surface area contributed by atoms with Gasteiger partial charge in [0.05, 0.1) is 0 Å². The van der Waals surface area contributed by atoms with Crippen LogP contribution in [-0.4, -0.2) is 27.3 Å². The summed E-state index contributed by atoms with van der Waals surface area (Å²) in [4.78, 5) is 4.24. The van der Waals surface area contributed by atoms with Crippen molar-refractivity contribution in [2.24, 2.45) is 0 Å². The molecule has 19 heavy (non-hydrogen) atoms. The SMILES string of the molecule is CCN(CC)[P+](=S)c1ccc(-n2ccnc2C)cc1. The van der Waals surface area contributed by atoms with Crippen LogP contribution in [0.4, 0.5) is 0 Å². The minimum atomic E-state index is -0.625. The third-order valence-electron chi connectivity index (χ3n) is 3.16. The molecular weight excluding hydrogens is 273 g/mol. The Morgan fingerprint density at radius 2 is 1.84 bits per heavy atom. The van der Waals surface area contributed by atoms with Crippen molar-refractivity contribution in [1.82, 2.24) is 14.2 Å². The van der Waals surface area contributed by atoms with Crippen molar-refractivity contribution in [3.05, 3.63) is 42.5 Å². The molecule has 100 valence electrons. The maximum Gasteiger partial charge on any atom is 0.305 e. The number of rotatable bonds is 5. The highest BCUT2D eigenvalue weighted by atomic mass is 32.4. The van der Waals surface area contributed by atoms with Gasteiger partial charge in [0.2, 0.25) is 0 Å². The Bertz CT molecular complexity index is 558. The second-order valence-electron chi connectivity index (χ2n) is 4.27. The summed E-state index contributed by atoms with van der Waals surface area (Å²) in [6.07, 6.45) is 3.80. The van der Waals surface area contributed by atoms with Gasteiger partial charge in [-0.3, -0.25) is 0 Å². The van der Waals surface area contributed by atoms with Gasteiger partial charge < -0.3 is 4.57 Å². The maximum absolute atomic E-state index is 5.66. The first-order chi connectivity index (χ1) is 9.17. The number of hydrogen-bond acceptors (Lipinski definition) is 2. The minimum absolute atomic E-state index is 0.625. The van der Waals surface area contributed by atoms with Crippen molar-refractivity contribution < 1.29 is 0 Å². The van der Waals surface area contributed by atoms with Crippen molar-refractivity contribution in [2.75, 3.05) is 13.1 Å². The van der Waals surface area contributed by atoms with Crippen molar-refractivity contribution in [3.63, 3.8) is 0 Å². The number of nitrogens with zero attached hydrogens (tertiary/aromatic N) is 3. The van der Waals surface area contributed by atoms with E-state index in [0.717, 1.165) is 24.6 Å². The summed E-state index contributed by atoms with van der Waals surface area (Å²) in [5.74, 6) is 0.997. The lowest BCUT2D eigenvalue weighted by atomic mass is 10.3. The molecular formula is C14H19N3PS+. The molecule has 2 rings (SSSR count). The fraction of sp³-hybridized carbons (Fsp3) is 0.357. The normalized spacial score (nSPS) is 11.9. The number of aromatic nitrogens is 2. The number of benzene rings is 1. The van der Waals surface area contributed by atoms with E-state index in [4.69, 9.17) is 11.8 Å². The first-order valence-electron chi connectivity index (χ1n) is 6.49. The van der Waals surface area contributed by atoms with E-state index in [1.54, 1.807) is 0 Å². The Hall–Kier alpha value is -1.09. The molecule has 0 bridgehead atoms. The highest BCUT2D eigenvalue weighted by Crippen LogP contribution is 2.26. The van der Waals surface area contributed by atoms with Crippen LogP contribution in [0.15, 0.2) is 36.7 Å². The van der Waals surface area contributed by atoms with Crippen LogP contribution in [0, 0.1) is 6.92 Å². The third kappa shape index (κ3) is 3.08. The summed E-state index contributed by atoms with van der Waals surface area (Å²) in [5, 5.41) is 1.25. The molecule has 1 unspecified atom stereocenters. The Kier molecular flexibility index (Phi) is 4.81. The van der Waals surface area contributed by atoms with Crippen LogP contribution in [0.25, 0.3) is 5.69 Å². The third-order valence-corrected chi connectivity index (χ3v) is 6.31. The van der Waals surface area contributed by atoms with Crippen LogP contribution >= 0.6 is 6.85 Å². The summed E-state index contributed by atoms with van der Waals surface area (Å²) in [7, 11) is 0. The quantitative estimate of drug-likeness (QED) is 0.791. The van der Waals surface area contributed by atoms with E-state index >= 15 is 0 Å². The largest absolute Gasteiger partial charge is 0.305 e. The van der Waals surface area contributed by atoms with Crippen LogP contribution in [0.5, 0.6) is 0 Å². The molecule has 0 saturated heterocycles. The lowest BCUT2D eigenvalue weighted by molar-refractivity contribution is 0.518. The van der Waals surface area contributed by atoms with Crippen molar-refractivity contribution in [1.29, 1.82) is 0 Å². The van der Waals surface area contributed by atoms with Gasteiger partial charge in [-0.25, -0.2) is 4.98 Å². The van der Waals surface area contributed by atoms with Gasteiger partial charge in [0, 0.05) is 31.2 Å². The highest BCUT2D eigenvalue weighted by Gasteiger charge is 2.22. The molecule has 1 heterocycles. The Labute approximate surface area is 120 Å². The van der Waals surface area contributed by atoms with Crippen LogP contribution in [-0.2, 0) is 11.8 Å². The molecule has 0 amide bonds. The molecule has 1 atom stereocenters. The summed E-state index contributed by atoms with van der Waals surface area (Å²) >= 11 is 5.66. The van der Waals surface area contributed by atoms with Crippen LogP contribution < -0.4 is 5.30 Å². The van der Waals surface area contributed by atoms with Gasteiger partial charge in [0.25, 0.3) is 0 Å². The second kappa shape index (κ2) is 6.38. The molecule has 0 N–H and O–H groups in total. The summed E-state index contributed by atoms with van der Waals surface area (Å²) in [5.41, 5.74) is 1.14. The van der Waals surface area contributed by atoms with Crippen LogP contribution in [0.3, 0.4) is 0 Å². The number of imidazole rings is 1. The fourth-order valence-electron chi connectivity index (χ4n) is 2.04. The molecule has 0 spiro atoms. The summed E-state index contributed by atoms with van der Waals surface area (Å²) in [6, 6.07) is 8.53.